The second-order valence-electron chi connectivity index (χ2n) is 4.08. The Bertz CT molecular complexity index is 571. The van der Waals surface area contributed by atoms with E-state index in [0.717, 1.165) is 35.0 Å². The van der Waals surface area contributed by atoms with Crippen LogP contribution in [-0.4, -0.2) is 20.2 Å². The number of pyridine rings is 1. The molecule has 0 saturated heterocycles. The van der Waals surface area contributed by atoms with Gasteiger partial charge in [-0.15, -0.1) is 12.7 Å². The third kappa shape index (κ3) is 4.75. The number of nitrogens with zero attached hydrogens (tertiary/aromatic N) is 3. The first-order chi connectivity index (χ1) is 10.8. The molecule has 0 spiro atoms. The van der Waals surface area contributed by atoms with Crippen molar-refractivity contribution in [3.63, 3.8) is 0 Å². The summed E-state index contributed by atoms with van der Waals surface area (Å²) in [5, 5.41) is 0.813. The number of anilines is 1. The lowest BCUT2D eigenvalue weighted by Crippen LogP contribution is -2.10. The molecule has 0 unspecified atom stereocenters. The molecule has 0 amide bonds. The number of nitrogens with one attached hydrogen (secondary N) is 1. The first-order valence-corrected chi connectivity index (χ1v) is 8.36. The van der Waals surface area contributed by atoms with E-state index in [4.69, 9.17) is 0 Å². The van der Waals surface area contributed by atoms with E-state index in [1.165, 1.54) is 6.33 Å². The van der Waals surface area contributed by atoms with Crippen molar-refractivity contribution in [3.05, 3.63) is 47.7 Å². The van der Waals surface area contributed by atoms with E-state index < -0.39 is 0 Å². The standard InChI is InChI=1S/C13H14FN4PS.C2H6/c1-2-3-10-11(13(18-20-14)17-8-16-10)12(19)9-4-6-15-7-5-9;1-2/h4-8,19H,2-3H2,1H3,(H,16,17,18);1-2H3. The van der Waals surface area contributed by atoms with E-state index in [1.54, 1.807) is 12.4 Å². The highest BCUT2D eigenvalue weighted by Crippen LogP contribution is 2.24. The van der Waals surface area contributed by atoms with Crippen LogP contribution in [0, 0.1) is 0 Å². The number of hydrogen-bond donors (Lipinski definition) is 1. The molecule has 0 aliphatic carbocycles. The second kappa shape index (κ2) is 10.2. The monoisotopic (exact) mass is 338 g/mol. The molecule has 2 rings (SSSR count). The van der Waals surface area contributed by atoms with Crippen molar-refractivity contribution in [1.82, 2.24) is 15.0 Å². The molecule has 0 aromatic carbocycles. The van der Waals surface area contributed by atoms with Crippen molar-refractivity contribution in [3.8, 4) is 0 Å². The summed E-state index contributed by atoms with van der Waals surface area (Å²) in [5.74, 6) is 0.456. The maximum Gasteiger partial charge on any atom is 0.163 e. The van der Waals surface area contributed by atoms with Crippen LogP contribution in [0.2, 0.25) is 0 Å². The van der Waals surface area contributed by atoms with Gasteiger partial charge in [0.05, 0.1) is 11.3 Å². The molecule has 0 bridgehead atoms. The van der Waals surface area contributed by atoms with Crippen LogP contribution in [-0.2, 0) is 6.42 Å². The number of halogens is 1. The van der Waals surface area contributed by atoms with Gasteiger partial charge in [0.15, 0.2) is 12.3 Å². The van der Waals surface area contributed by atoms with Crippen LogP contribution < -0.4 is 4.72 Å². The van der Waals surface area contributed by atoms with Gasteiger partial charge >= 0.3 is 0 Å². The lowest BCUT2D eigenvalue weighted by Gasteiger charge is -2.14. The number of hydrogen-bond acceptors (Lipinski definition) is 5. The van der Waals surface area contributed by atoms with Gasteiger partial charge in [-0.1, -0.05) is 27.2 Å². The summed E-state index contributed by atoms with van der Waals surface area (Å²) in [6, 6.07) is 3.74. The van der Waals surface area contributed by atoms with Gasteiger partial charge in [0.25, 0.3) is 0 Å². The third-order valence-electron chi connectivity index (χ3n) is 2.77. The normalized spacial score (nSPS) is 9.64. The van der Waals surface area contributed by atoms with Crippen molar-refractivity contribution >= 4 is 32.3 Å². The Kier molecular flexibility index (Phi) is 8.63. The highest BCUT2D eigenvalue weighted by molar-refractivity contribution is 7.95. The molecule has 7 heteroatoms. The Hall–Kier alpha value is -1.52. The average molecular weight is 338 g/mol. The van der Waals surface area contributed by atoms with Gasteiger partial charge in [0, 0.05) is 17.7 Å². The smallest absolute Gasteiger partial charge is 0.163 e. The fourth-order valence-corrected chi connectivity index (χ4v) is 2.55. The van der Waals surface area contributed by atoms with Crippen molar-refractivity contribution in [2.24, 2.45) is 0 Å². The zero-order chi connectivity index (χ0) is 16.4. The molecule has 0 saturated carbocycles. The molecular formula is C15H20FN4PS. The van der Waals surface area contributed by atoms with Crippen LogP contribution in [0.25, 0.3) is 0 Å². The van der Waals surface area contributed by atoms with Gasteiger partial charge in [0.1, 0.15) is 12.1 Å². The zero-order valence-corrected chi connectivity index (χ0v) is 14.7. The van der Waals surface area contributed by atoms with Crippen LogP contribution >= 0.6 is 21.2 Å². The summed E-state index contributed by atoms with van der Waals surface area (Å²) in [7, 11) is 3.63. The summed E-state index contributed by atoms with van der Waals surface area (Å²) in [6.45, 7) is 6.07. The van der Waals surface area contributed by atoms with Gasteiger partial charge in [-0.25, -0.2) is 9.97 Å². The molecule has 0 radical (unpaired) electrons. The quantitative estimate of drug-likeness (QED) is 0.620. The average Bonchev–Trinajstić information content (AvgIpc) is 2.58. The van der Waals surface area contributed by atoms with Crippen molar-refractivity contribution in [1.29, 1.82) is 0 Å². The Morgan fingerprint density at radius 1 is 1.27 bits per heavy atom. The zero-order valence-electron chi connectivity index (χ0n) is 12.9. The maximum absolute atomic E-state index is 12.6. The Labute approximate surface area is 137 Å². The molecule has 0 fully saturated rings. The number of aromatic nitrogens is 3. The summed E-state index contributed by atoms with van der Waals surface area (Å²) in [4.78, 5) is 12.4. The largest absolute Gasteiger partial charge is 0.286 e. The van der Waals surface area contributed by atoms with Crippen LogP contribution in [0.15, 0.2) is 30.9 Å². The van der Waals surface area contributed by atoms with Crippen LogP contribution in [0.5, 0.6) is 0 Å². The minimum absolute atomic E-state index is 0.0207. The molecule has 0 aliphatic rings. The van der Waals surface area contributed by atoms with E-state index in [2.05, 4.69) is 35.5 Å². The van der Waals surface area contributed by atoms with Crippen molar-refractivity contribution in [2.45, 2.75) is 33.6 Å². The Morgan fingerprint density at radius 2 is 1.95 bits per heavy atom. The van der Waals surface area contributed by atoms with Gasteiger partial charge < -0.3 is 0 Å². The van der Waals surface area contributed by atoms with Crippen molar-refractivity contribution in [2.75, 3.05) is 4.72 Å². The van der Waals surface area contributed by atoms with Gasteiger partial charge in [-0.05, 0) is 24.1 Å². The highest BCUT2D eigenvalue weighted by atomic mass is 32.2. The lowest BCUT2D eigenvalue weighted by molar-refractivity contribution is 0.871. The Balaban J connectivity index is 0.00000116. The van der Waals surface area contributed by atoms with E-state index in [1.807, 2.05) is 26.0 Å². The van der Waals surface area contributed by atoms with E-state index in [-0.39, 0.29) is 12.3 Å². The summed E-state index contributed by atoms with van der Waals surface area (Å²) < 4.78 is 15.1. The van der Waals surface area contributed by atoms with Gasteiger partial charge in [0.2, 0.25) is 0 Å². The third-order valence-corrected chi connectivity index (χ3v) is 3.58. The first kappa shape index (κ1) is 18.5. The van der Waals surface area contributed by atoms with Gasteiger partial charge in [-0.3, -0.25) is 9.71 Å². The van der Waals surface area contributed by atoms with Crippen molar-refractivity contribution < 1.29 is 3.89 Å². The van der Waals surface area contributed by atoms with Crippen LogP contribution in [0.1, 0.15) is 44.0 Å². The van der Waals surface area contributed by atoms with E-state index >= 15 is 0 Å². The fraction of sp³-hybridized carbons (Fsp3) is 0.333. The SMILES string of the molecule is CC.CCCc1ncnc(NSF)c1C(=P)c1ccncc1. The number of aryl methyl sites for hydroxylation is 1. The topological polar surface area (TPSA) is 50.7 Å². The Morgan fingerprint density at radius 3 is 2.55 bits per heavy atom. The molecule has 4 nitrogen and oxygen atoms in total. The highest BCUT2D eigenvalue weighted by Gasteiger charge is 2.16. The van der Waals surface area contributed by atoms with E-state index in [0.29, 0.717) is 5.82 Å². The second-order valence-corrected chi connectivity index (χ2v) is 4.94. The summed E-state index contributed by atoms with van der Waals surface area (Å²) in [6.07, 6.45) is 6.59. The molecule has 0 aliphatic heterocycles. The molecule has 0 atom stereocenters. The van der Waals surface area contributed by atoms with E-state index in [9.17, 15) is 3.89 Å². The predicted molar refractivity (Wildman–Crippen MR) is 95.5 cm³/mol. The molecule has 2 aromatic rings. The molecular weight excluding hydrogens is 318 g/mol. The predicted octanol–water partition coefficient (Wildman–Crippen LogP) is 4.51. The fourth-order valence-electron chi connectivity index (χ4n) is 1.89. The minimum Gasteiger partial charge on any atom is -0.286 e. The summed E-state index contributed by atoms with van der Waals surface area (Å²) in [5.41, 5.74) is 2.60. The molecule has 22 heavy (non-hydrogen) atoms. The first-order valence-electron chi connectivity index (χ1n) is 7.14. The maximum atomic E-state index is 12.6. The lowest BCUT2D eigenvalue weighted by atomic mass is 10.0. The van der Waals surface area contributed by atoms with Gasteiger partial charge in [-0.2, -0.15) is 0 Å². The molecule has 2 aromatic heterocycles. The molecule has 1 N–H and O–H groups in total. The van der Waals surface area contributed by atoms with Crippen LogP contribution in [0.3, 0.4) is 0 Å². The van der Waals surface area contributed by atoms with Crippen LogP contribution in [0.4, 0.5) is 9.70 Å². The molecule has 118 valence electrons. The number of rotatable bonds is 6. The molecule has 2 heterocycles. The summed E-state index contributed by atoms with van der Waals surface area (Å²) >= 11 is 0.0207. The minimum atomic E-state index is 0.0207.